The minimum absolute atomic E-state index is 0.0166. The van der Waals surface area contributed by atoms with E-state index in [1.165, 1.54) is 64.7 Å². The van der Waals surface area contributed by atoms with E-state index >= 15 is 0 Å². The van der Waals surface area contributed by atoms with E-state index in [-0.39, 0.29) is 35.0 Å². The van der Waals surface area contributed by atoms with Crippen molar-refractivity contribution >= 4 is 43.5 Å². The number of hydrogen-bond donors (Lipinski definition) is 1. The van der Waals surface area contributed by atoms with Crippen molar-refractivity contribution in [2.75, 3.05) is 46.3 Å². The summed E-state index contributed by atoms with van der Waals surface area (Å²) in [6, 6.07) is 24.5. The molecule has 48 heavy (non-hydrogen) atoms. The molecule has 4 rings (SSSR count). The highest BCUT2D eigenvalue weighted by molar-refractivity contribution is 9.10. The molecule has 0 unspecified atom stereocenters. The van der Waals surface area contributed by atoms with Crippen molar-refractivity contribution in [3.05, 3.63) is 107 Å². The van der Waals surface area contributed by atoms with Crippen molar-refractivity contribution in [3.8, 4) is 23.0 Å². The summed E-state index contributed by atoms with van der Waals surface area (Å²) < 4.78 is 52.5. The number of methoxy groups -OCH3 is 4. The maximum absolute atomic E-state index is 14.6. The van der Waals surface area contributed by atoms with E-state index in [1.807, 2.05) is 54.6 Å². The zero-order valence-corrected chi connectivity index (χ0v) is 29.7. The molecule has 0 spiro atoms. The molecule has 0 fully saturated rings. The summed E-state index contributed by atoms with van der Waals surface area (Å²) in [5.74, 6) is -0.0138. The SMILES string of the molecule is CNC(=O)[C@@H](Cc1ccccc1)N(Cc1cccc(Br)c1)C(=O)CN(c1cc(OC)ccc1OC)S(=O)(=O)c1ccc(OC)c(OC)c1. The number of halogens is 1. The summed E-state index contributed by atoms with van der Waals surface area (Å²) in [5.41, 5.74) is 1.61. The number of likely N-dealkylation sites (N-methyl/N-ethyl adjacent to an activating group) is 1. The van der Waals surface area contributed by atoms with Gasteiger partial charge in [-0.25, -0.2) is 8.42 Å². The van der Waals surface area contributed by atoms with Gasteiger partial charge < -0.3 is 29.2 Å². The number of anilines is 1. The van der Waals surface area contributed by atoms with Gasteiger partial charge in [-0.15, -0.1) is 0 Å². The van der Waals surface area contributed by atoms with E-state index in [0.29, 0.717) is 11.5 Å². The van der Waals surface area contributed by atoms with Crippen molar-refractivity contribution in [1.82, 2.24) is 10.2 Å². The molecule has 4 aromatic rings. The zero-order chi connectivity index (χ0) is 34.8. The number of hydrogen-bond acceptors (Lipinski definition) is 8. The second-order valence-corrected chi connectivity index (χ2v) is 13.3. The Morgan fingerprint density at radius 1 is 0.771 bits per heavy atom. The normalized spacial score (nSPS) is 11.6. The van der Waals surface area contributed by atoms with Crippen LogP contribution in [0.2, 0.25) is 0 Å². The Morgan fingerprint density at radius 3 is 2.06 bits per heavy atom. The van der Waals surface area contributed by atoms with Gasteiger partial charge in [0.05, 0.1) is 39.0 Å². The maximum Gasteiger partial charge on any atom is 0.265 e. The number of benzene rings is 4. The average molecular weight is 741 g/mol. The molecular formula is C35H38BrN3O8S. The second-order valence-electron chi connectivity index (χ2n) is 10.5. The minimum atomic E-state index is -4.48. The van der Waals surface area contributed by atoms with Crippen LogP contribution in [0.1, 0.15) is 11.1 Å². The third-order valence-corrected chi connectivity index (χ3v) is 9.88. The molecule has 11 nitrogen and oxygen atoms in total. The molecule has 0 aliphatic heterocycles. The smallest absolute Gasteiger partial charge is 0.265 e. The van der Waals surface area contributed by atoms with Gasteiger partial charge in [0.2, 0.25) is 11.8 Å². The lowest BCUT2D eigenvalue weighted by molar-refractivity contribution is -0.139. The van der Waals surface area contributed by atoms with Gasteiger partial charge in [0.1, 0.15) is 24.1 Å². The van der Waals surface area contributed by atoms with Gasteiger partial charge in [0.15, 0.2) is 11.5 Å². The zero-order valence-electron chi connectivity index (χ0n) is 27.3. The van der Waals surface area contributed by atoms with Crippen LogP contribution in [0.3, 0.4) is 0 Å². The Labute approximate surface area is 289 Å². The van der Waals surface area contributed by atoms with Crippen LogP contribution in [0.5, 0.6) is 23.0 Å². The number of nitrogens with zero attached hydrogens (tertiary/aromatic N) is 2. The Morgan fingerprint density at radius 2 is 1.44 bits per heavy atom. The first-order valence-electron chi connectivity index (χ1n) is 14.8. The van der Waals surface area contributed by atoms with Crippen LogP contribution in [0, 0.1) is 0 Å². The molecule has 0 heterocycles. The van der Waals surface area contributed by atoms with Crippen LogP contribution < -0.4 is 28.6 Å². The Bertz CT molecular complexity index is 1840. The lowest BCUT2D eigenvalue weighted by atomic mass is 10.0. The molecule has 0 saturated heterocycles. The molecule has 0 aliphatic rings. The molecule has 0 bridgehead atoms. The molecule has 13 heteroatoms. The fraction of sp³-hybridized carbons (Fsp3) is 0.257. The lowest BCUT2D eigenvalue weighted by Gasteiger charge is -2.34. The van der Waals surface area contributed by atoms with Crippen molar-refractivity contribution in [3.63, 3.8) is 0 Å². The van der Waals surface area contributed by atoms with Crippen LogP contribution in [0.15, 0.2) is 100 Å². The van der Waals surface area contributed by atoms with E-state index in [1.54, 1.807) is 12.1 Å². The molecule has 2 amide bonds. The van der Waals surface area contributed by atoms with E-state index in [9.17, 15) is 18.0 Å². The highest BCUT2D eigenvalue weighted by Gasteiger charge is 2.36. The van der Waals surface area contributed by atoms with Gasteiger partial charge in [-0.1, -0.05) is 58.4 Å². The molecular weight excluding hydrogens is 702 g/mol. The molecule has 0 saturated carbocycles. The molecule has 4 aromatic carbocycles. The number of rotatable bonds is 15. The van der Waals surface area contributed by atoms with E-state index in [0.717, 1.165) is 19.9 Å². The predicted molar refractivity (Wildman–Crippen MR) is 186 cm³/mol. The van der Waals surface area contributed by atoms with Gasteiger partial charge in [-0.3, -0.25) is 13.9 Å². The summed E-state index contributed by atoms with van der Waals surface area (Å²) in [4.78, 5) is 29.4. The predicted octanol–water partition coefficient (Wildman–Crippen LogP) is 5.06. The fourth-order valence-corrected chi connectivity index (χ4v) is 7.04. The molecule has 0 aromatic heterocycles. The number of carbonyl (C=O) groups is 2. The number of carbonyl (C=O) groups excluding carboxylic acids is 2. The fourth-order valence-electron chi connectivity index (χ4n) is 5.16. The first-order chi connectivity index (χ1) is 23.1. The highest BCUT2D eigenvalue weighted by atomic mass is 79.9. The van der Waals surface area contributed by atoms with Crippen LogP contribution in [-0.4, -0.2) is 73.2 Å². The van der Waals surface area contributed by atoms with Gasteiger partial charge >= 0.3 is 0 Å². The van der Waals surface area contributed by atoms with E-state index in [4.69, 9.17) is 18.9 Å². The first kappa shape index (κ1) is 36.1. The number of ether oxygens (including phenoxy) is 4. The van der Waals surface area contributed by atoms with Crippen LogP contribution in [-0.2, 0) is 32.6 Å². The van der Waals surface area contributed by atoms with Crippen LogP contribution >= 0.6 is 15.9 Å². The molecule has 0 aliphatic carbocycles. The molecule has 1 atom stereocenters. The lowest BCUT2D eigenvalue weighted by Crippen LogP contribution is -2.53. The van der Waals surface area contributed by atoms with Crippen LogP contribution in [0.4, 0.5) is 5.69 Å². The standard InChI is InChI=1S/C35H38BrN3O8S/c1-37-35(41)30(19-24-10-7-6-8-11-24)38(22-25-12-9-13-26(36)18-25)34(40)23-39(29-20-27(44-2)14-16-31(29)45-3)48(42,43)28-15-17-32(46-4)33(21-28)47-5/h6-18,20-21,30H,19,22-23H2,1-5H3,(H,37,41)/t30-/m1/s1. The van der Waals surface area contributed by atoms with E-state index < -0.39 is 34.4 Å². The quantitative estimate of drug-likeness (QED) is 0.180. The van der Waals surface area contributed by atoms with Gasteiger partial charge in [-0.2, -0.15) is 0 Å². The number of amides is 2. The van der Waals surface area contributed by atoms with Gasteiger partial charge in [0, 0.05) is 36.6 Å². The minimum Gasteiger partial charge on any atom is -0.497 e. The largest absolute Gasteiger partial charge is 0.497 e. The monoisotopic (exact) mass is 739 g/mol. The Hall–Kier alpha value is -4.75. The number of nitrogens with one attached hydrogen (secondary N) is 1. The summed E-state index contributed by atoms with van der Waals surface area (Å²) in [7, 11) is 2.70. The Balaban J connectivity index is 1.88. The first-order valence-corrected chi connectivity index (χ1v) is 17.1. The molecule has 0 radical (unpaired) electrons. The topological polar surface area (TPSA) is 124 Å². The summed E-state index contributed by atoms with van der Waals surface area (Å²) in [6.45, 7) is -0.667. The third-order valence-electron chi connectivity index (χ3n) is 7.64. The van der Waals surface area contributed by atoms with Crippen LogP contribution in [0.25, 0.3) is 0 Å². The van der Waals surface area contributed by atoms with Gasteiger partial charge in [0.25, 0.3) is 10.0 Å². The van der Waals surface area contributed by atoms with Gasteiger partial charge in [-0.05, 0) is 47.5 Å². The maximum atomic E-state index is 14.6. The summed E-state index contributed by atoms with van der Waals surface area (Å²) >= 11 is 3.48. The summed E-state index contributed by atoms with van der Waals surface area (Å²) in [5, 5.41) is 2.68. The Kier molecular flexibility index (Phi) is 12.3. The average Bonchev–Trinajstić information content (AvgIpc) is 3.11. The number of sulfonamides is 1. The van der Waals surface area contributed by atoms with E-state index in [2.05, 4.69) is 21.2 Å². The third kappa shape index (κ3) is 8.39. The van der Waals surface area contributed by atoms with Crippen molar-refractivity contribution in [2.24, 2.45) is 0 Å². The molecule has 1 N–H and O–H groups in total. The van der Waals surface area contributed by atoms with Crippen molar-refractivity contribution < 1.29 is 37.0 Å². The summed E-state index contributed by atoms with van der Waals surface area (Å²) in [6.07, 6.45) is 0.186. The highest BCUT2D eigenvalue weighted by Crippen LogP contribution is 2.38. The second kappa shape index (κ2) is 16.4. The molecule has 254 valence electrons. The van der Waals surface area contributed by atoms with Crippen molar-refractivity contribution in [1.29, 1.82) is 0 Å². The van der Waals surface area contributed by atoms with Crippen molar-refractivity contribution in [2.45, 2.75) is 23.9 Å².